The first-order valence-corrected chi connectivity index (χ1v) is 8.61. The Hall–Kier alpha value is -2.77. The van der Waals surface area contributed by atoms with Crippen LogP contribution in [0.15, 0.2) is 35.3 Å². The molecule has 0 aromatic heterocycles. The zero-order chi connectivity index (χ0) is 20.3. The summed E-state index contributed by atoms with van der Waals surface area (Å²) >= 11 is 12.1. The molecule has 9 heteroatoms. The predicted octanol–water partition coefficient (Wildman–Crippen LogP) is 1.47. The summed E-state index contributed by atoms with van der Waals surface area (Å²) in [6, 6.07) is 8.22. The molecule has 6 N–H and O–H groups in total. The number of carbonyl (C=O) groups excluding carboxylic acids is 1. The van der Waals surface area contributed by atoms with Crippen molar-refractivity contribution in [3.05, 3.63) is 51.5 Å². The van der Waals surface area contributed by atoms with Crippen LogP contribution in [0.5, 0.6) is 5.75 Å². The van der Waals surface area contributed by atoms with Gasteiger partial charge in [-0.1, -0.05) is 35.3 Å². The predicted molar refractivity (Wildman–Crippen MR) is 108 cm³/mol. The molecule has 0 heterocycles. The van der Waals surface area contributed by atoms with Crippen molar-refractivity contribution in [1.82, 2.24) is 4.90 Å². The van der Waals surface area contributed by atoms with Gasteiger partial charge in [0, 0.05) is 14.1 Å². The van der Waals surface area contributed by atoms with E-state index in [-0.39, 0.29) is 39.6 Å². The van der Waals surface area contributed by atoms with Crippen molar-refractivity contribution < 1.29 is 14.9 Å². The number of aliphatic imine (C=N–C) groups is 1. The van der Waals surface area contributed by atoms with Gasteiger partial charge in [0.05, 0.1) is 10.6 Å². The number of phenols is 1. The molecule has 0 fully saturated rings. The molecule has 142 valence electrons. The van der Waals surface area contributed by atoms with Crippen LogP contribution < -0.4 is 16.5 Å². The van der Waals surface area contributed by atoms with E-state index < -0.39 is 0 Å². The number of rotatable bonds is 3. The number of hydrogen-bond donors (Lipinski definition) is 4. The van der Waals surface area contributed by atoms with Crippen molar-refractivity contribution in [2.45, 2.75) is 6.92 Å². The quantitative estimate of drug-likeness (QED) is 0.453. The average molecular weight is 409 g/mol. The number of aryl methyl sites for hydroxylation is 1. The van der Waals surface area contributed by atoms with Crippen molar-refractivity contribution in [3.8, 4) is 5.75 Å². The number of nitrogens with zero attached hydrogens (tertiary/aromatic N) is 2. The lowest BCUT2D eigenvalue weighted by atomic mass is 10.1. The highest BCUT2D eigenvalue weighted by Crippen LogP contribution is 2.33. The van der Waals surface area contributed by atoms with Crippen LogP contribution in [0.25, 0.3) is 0 Å². The number of phenolic OH excluding ortho intramolecular Hbond substituents is 1. The van der Waals surface area contributed by atoms with Crippen molar-refractivity contribution >= 4 is 52.2 Å². The first-order chi connectivity index (χ1) is 12.6. The Bertz CT molecular complexity index is 955. The fraction of sp³-hybridized carbons (Fsp3) is 0.167. The number of halogens is 2. The summed E-state index contributed by atoms with van der Waals surface area (Å²) in [7, 11) is 3.19. The van der Waals surface area contributed by atoms with Crippen LogP contribution >= 0.6 is 23.2 Å². The third-order valence-corrected chi connectivity index (χ3v) is 4.54. The SMILES string of the molecule is Cc1ccc(N=C(N)C(N)=[NH+]c2cccc(Cl)c2Cl)c(O)c1C(=O)N(C)C. The second-order valence-electron chi connectivity index (χ2n) is 5.96. The summed E-state index contributed by atoms with van der Waals surface area (Å²) in [5.74, 6) is -0.695. The van der Waals surface area contributed by atoms with Crippen LogP contribution in [-0.4, -0.2) is 41.7 Å². The van der Waals surface area contributed by atoms with E-state index in [4.69, 9.17) is 34.7 Å². The molecular formula is C18H20Cl2N5O2+. The third kappa shape index (κ3) is 4.50. The number of amidine groups is 2. The molecule has 0 spiro atoms. The summed E-state index contributed by atoms with van der Waals surface area (Å²) in [4.78, 5) is 20.6. The summed E-state index contributed by atoms with van der Waals surface area (Å²) in [5.41, 5.74) is 13.2. The van der Waals surface area contributed by atoms with Gasteiger partial charge in [-0.15, -0.1) is 0 Å². The number of carbonyl (C=O) groups is 1. The molecule has 0 aliphatic carbocycles. The highest BCUT2D eigenvalue weighted by molar-refractivity contribution is 6.43. The molecule has 0 saturated heterocycles. The van der Waals surface area contributed by atoms with Gasteiger partial charge in [0.1, 0.15) is 16.4 Å². The van der Waals surface area contributed by atoms with Gasteiger partial charge >= 0.3 is 5.84 Å². The Kier molecular flexibility index (Phi) is 6.30. The van der Waals surface area contributed by atoms with Crippen molar-refractivity contribution in [2.24, 2.45) is 16.5 Å². The molecule has 0 saturated carbocycles. The van der Waals surface area contributed by atoms with Crippen LogP contribution in [0, 0.1) is 6.92 Å². The minimum Gasteiger partial charge on any atom is -0.505 e. The van der Waals surface area contributed by atoms with Crippen LogP contribution in [0.3, 0.4) is 0 Å². The van der Waals surface area contributed by atoms with E-state index in [9.17, 15) is 9.90 Å². The average Bonchev–Trinajstić information content (AvgIpc) is 2.61. The summed E-state index contributed by atoms with van der Waals surface area (Å²) in [5, 5.41) is 11.1. The number of aromatic hydroxyl groups is 1. The summed E-state index contributed by atoms with van der Waals surface area (Å²) in [6.45, 7) is 1.72. The maximum absolute atomic E-state index is 12.3. The van der Waals surface area contributed by atoms with Gasteiger partial charge in [-0.25, -0.2) is 9.98 Å². The standard InChI is InChI=1S/C18H19Cl2N5O2/c1-9-7-8-12(15(26)13(9)18(27)25(2)3)24-17(22)16(21)23-11-6-4-5-10(19)14(11)20/h4-8,26H,1-3H3,(H2,21,23)(H2,22,24)/p+1. The minimum absolute atomic E-state index is 0.0135. The first-order valence-electron chi connectivity index (χ1n) is 7.85. The smallest absolute Gasteiger partial charge is 0.313 e. The second kappa shape index (κ2) is 8.28. The number of hydrogen-bond acceptors (Lipinski definition) is 3. The Morgan fingerprint density at radius 1 is 1.19 bits per heavy atom. The lowest BCUT2D eigenvalue weighted by molar-refractivity contribution is -0.352. The monoisotopic (exact) mass is 408 g/mol. The van der Waals surface area contributed by atoms with Gasteiger partial charge in [-0.2, -0.15) is 0 Å². The first kappa shape index (κ1) is 20.5. The fourth-order valence-corrected chi connectivity index (χ4v) is 2.61. The van der Waals surface area contributed by atoms with Crippen molar-refractivity contribution in [3.63, 3.8) is 0 Å². The topological polar surface area (TPSA) is 119 Å². The van der Waals surface area contributed by atoms with Crippen molar-refractivity contribution in [1.29, 1.82) is 0 Å². The highest BCUT2D eigenvalue weighted by atomic mass is 35.5. The number of nitrogens with two attached hydrogens (primary N) is 2. The summed E-state index contributed by atoms with van der Waals surface area (Å²) < 4.78 is 0. The normalized spacial score (nSPS) is 12.2. The van der Waals surface area contributed by atoms with E-state index in [1.54, 1.807) is 51.4 Å². The Balaban J connectivity index is 2.46. The zero-order valence-electron chi connectivity index (χ0n) is 15.0. The van der Waals surface area contributed by atoms with E-state index in [0.29, 0.717) is 16.3 Å². The van der Waals surface area contributed by atoms with E-state index in [2.05, 4.69) is 9.98 Å². The molecule has 27 heavy (non-hydrogen) atoms. The molecule has 0 aliphatic heterocycles. The van der Waals surface area contributed by atoms with E-state index in [1.807, 2.05) is 0 Å². The van der Waals surface area contributed by atoms with E-state index >= 15 is 0 Å². The number of nitrogens with one attached hydrogen (secondary N) is 1. The minimum atomic E-state index is -0.346. The van der Waals surface area contributed by atoms with Crippen LogP contribution in [0.1, 0.15) is 15.9 Å². The van der Waals surface area contributed by atoms with Crippen LogP contribution in [-0.2, 0) is 0 Å². The third-order valence-electron chi connectivity index (χ3n) is 3.72. The van der Waals surface area contributed by atoms with Crippen LogP contribution in [0.2, 0.25) is 10.0 Å². The van der Waals surface area contributed by atoms with E-state index in [0.717, 1.165) is 0 Å². The Morgan fingerprint density at radius 2 is 1.85 bits per heavy atom. The van der Waals surface area contributed by atoms with Gasteiger partial charge in [0.2, 0.25) is 5.84 Å². The number of benzene rings is 2. The largest absolute Gasteiger partial charge is 0.505 e. The molecule has 0 unspecified atom stereocenters. The molecule has 0 atom stereocenters. The van der Waals surface area contributed by atoms with Gasteiger partial charge in [-0.3, -0.25) is 10.5 Å². The maximum Gasteiger partial charge on any atom is 0.313 e. The second-order valence-corrected chi connectivity index (χ2v) is 6.75. The lowest BCUT2D eigenvalue weighted by Crippen LogP contribution is -2.72. The Morgan fingerprint density at radius 3 is 2.48 bits per heavy atom. The van der Waals surface area contributed by atoms with Crippen LogP contribution in [0.4, 0.5) is 11.4 Å². The molecule has 0 bridgehead atoms. The van der Waals surface area contributed by atoms with Crippen molar-refractivity contribution in [2.75, 3.05) is 14.1 Å². The molecule has 7 nitrogen and oxygen atoms in total. The summed E-state index contributed by atoms with van der Waals surface area (Å²) in [6.07, 6.45) is 0. The van der Waals surface area contributed by atoms with Gasteiger partial charge in [0.25, 0.3) is 5.91 Å². The Labute approximate surface area is 166 Å². The highest BCUT2D eigenvalue weighted by Gasteiger charge is 2.20. The fourth-order valence-electron chi connectivity index (χ4n) is 2.26. The molecule has 2 aromatic rings. The molecule has 1 amide bonds. The molecular weight excluding hydrogens is 389 g/mol. The van der Waals surface area contributed by atoms with Gasteiger partial charge in [0.15, 0.2) is 5.75 Å². The van der Waals surface area contributed by atoms with Gasteiger partial charge < -0.3 is 15.7 Å². The van der Waals surface area contributed by atoms with E-state index in [1.165, 1.54) is 4.90 Å². The molecule has 0 radical (unpaired) electrons. The van der Waals surface area contributed by atoms with Gasteiger partial charge in [-0.05, 0) is 30.7 Å². The molecule has 0 aliphatic rings. The zero-order valence-corrected chi connectivity index (χ0v) is 16.6. The lowest BCUT2D eigenvalue weighted by Gasteiger charge is -2.14. The molecule has 2 aromatic carbocycles. The maximum atomic E-state index is 12.3. The number of amides is 1. The molecule has 2 rings (SSSR count).